The van der Waals surface area contributed by atoms with Gasteiger partial charge in [0.05, 0.1) is 12.7 Å². The highest BCUT2D eigenvalue weighted by atomic mass is 35.5. The zero-order chi connectivity index (χ0) is 7.28. The molecule has 2 atom stereocenters. The summed E-state index contributed by atoms with van der Waals surface area (Å²) in [7, 11) is 1.59. The number of methoxy groups -OCH3 is 1. The van der Waals surface area contributed by atoms with Crippen LogP contribution in [0, 0.1) is 17.2 Å². The fourth-order valence-corrected chi connectivity index (χ4v) is 0.547. The molecule has 2 nitrogen and oxygen atoms in total. The van der Waals surface area contributed by atoms with E-state index in [1.165, 1.54) is 0 Å². The zero-order valence-electron chi connectivity index (χ0n) is 5.60. The van der Waals surface area contributed by atoms with Gasteiger partial charge in [-0.1, -0.05) is 6.92 Å². The Morgan fingerprint density at radius 1 is 1.78 bits per heavy atom. The van der Waals surface area contributed by atoms with Crippen LogP contribution in [0.5, 0.6) is 0 Å². The first-order chi connectivity index (χ1) is 4.22. The Morgan fingerprint density at radius 2 is 2.33 bits per heavy atom. The highest BCUT2D eigenvalue weighted by Crippen LogP contribution is 2.08. The second kappa shape index (κ2) is 4.60. The lowest BCUT2D eigenvalue weighted by Crippen LogP contribution is -2.14. The van der Waals surface area contributed by atoms with E-state index >= 15 is 0 Å². The monoisotopic (exact) mass is 147 g/mol. The molecule has 0 aromatic heterocycles. The molecular weight excluding hydrogens is 138 g/mol. The van der Waals surface area contributed by atoms with Crippen LogP contribution in [-0.2, 0) is 4.74 Å². The van der Waals surface area contributed by atoms with Crippen molar-refractivity contribution in [2.24, 2.45) is 5.92 Å². The van der Waals surface area contributed by atoms with Crippen LogP contribution in [0.1, 0.15) is 6.92 Å². The van der Waals surface area contributed by atoms with Crippen molar-refractivity contribution in [2.75, 3.05) is 13.7 Å². The normalized spacial score (nSPS) is 16.2. The Hall–Kier alpha value is -0.260. The van der Waals surface area contributed by atoms with Crippen molar-refractivity contribution in [3.63, 3.8) is 0 Å². The van der Waals surface area contributed by atoms with Crippen molar-refractivity contribution in [3.8, 4) is 6.07 Å². The van der Waals surface area contributed by atoms with Crippen LogP contribution < -0.4 is 0 Å². The second-order valence-electron chi connectivity index (χ2n) is 1.96. The molecule has 0 saturated carbocycles. The molecular formula is C6H10ClNO. The van der Waals surface area contributed by atoms with Gasteiger partial charge in [0.1, 0.15) is 5.38 Å². The molecule has 0 aromatic carbocycles. The molecule has 0 spiro atoms. The van der Waals surface area contributed by atoms with E-state index < -0.39 is 5.38 Å². The predicted octanol–water partition coefficient (Wildman–Crippen LogP) is 1.40. The Kier molecular flexibility index (Phi) is 4.47. The first-order valence-electron chi connectivity index (χ1n) is 2.75. The summed E-state index contributed by atoms with van der Waals surface area (Å²) < 4.78 is 4.79. The molecule has 0 amide bonds. The summed E-state index contributed by atoms with van der Waals surface area (Å²) in [5.74, 6) is 0.113. The lowest BCUT2D eigenvalue weighted by atomic mass is 10.1. The SMILES string of the molecule is COCC(C)C(Cl)C#N. The first-order valence-corrected chi connectivity index (χ1v) is 3.18. The topological polar surface area (TPSA) is 33.0 Å². The van der Waals surface area contributed by atoms with E-state index in [2.05, 4.69) is 0 Å². The van der Waals surface area contributed by atoms with Crippen molar-refractivity contribution < 1.29 is 4.74 Å². The average molecular weight is 148 g/mol. The molecule has 0 bridgehead atoms. The maximum atomic E-state index is 8.29. The van der Waals surface area contributed by atoms with E-state index in [0.717, 1.165) is 0 Å². The van der Waals surface area contributed by atoms with Crippen LogP contribution in [0.15, 0.2) is 0 Å². The van der Waals surface area contributed by atoms with Gasteiger partial charge in [0.25, 0.3) is 0 Å². The van der Waals surface area contributed by atoms with E-state index in [-0.39, 0.29) is 5.92 Å². The molecule has 0 aromatic rings. The van der Waals surface area contributed by atoms with Crippen molar-refractivity contribution in [1.29, 1.82) is 5.26 Å². The minimum atomic E-state index is -0.426. The molecule has 2 unspecified atom stereocenters. The van der Waals surface area contributed by atoms with Gasteiger partial charge >= 0.3 is 0 Å². The van der Waals surface area contributed by atoms with Crippen molar-refractivity contribution in [3.05, 3.63) is 0 Å². The number of alkyl halides is 1. The third-order valence-electron chi connectivity index (χ3n) is 1.05. The maximum Gasteiger partial charge on any atom is 0.125 e. The molecule has 0 fully saturated rings. The van der Waals surface area contributed by atoms with Crippen LogP contribution in [0.4, 0.5) is 0 Å². The van der Waals surface area contributed by atoms with E-state index in [9.17, 15) is 0 Å². The van der Waals surface area contributed by atoms with Gasteiger partial charge in [-0.3, -0.25) is 0 Å². The summed E-state index contributed by atoms with van der Waals surface area (Å²) >= 11 is 5.55. The van der Waals surface area contributed by atoms with E-state index in [1.807, 2.05) is 13.0 Å². The summed E-state index contributed by atoms with van der Waals surface area (Å²) in [6, 6.07) is 1.93. The standard InChI is InChI=1S/C6H10ClNO/c1-5(4-9-2)6(7)3-8/h5-6H,4H2,1-2H3. The van der Waals surface area contributed by atoms with Crippen LogP contribution in [0.2, 0.25) is 0 Å². The van der Waals surface area contributed by atoms with Crippen molar-refractivity contribution >= 4 is 11.6 Å². The van der Waals surface area contributed by atoms with Gasteiger partial charge in [-0.15, -0.1) is 11.6 Å². The number of ether oxygens (including phenoxy) is 1. The summed E-state index contributed by atoms with van der Waals surface area (Å²) in [5, 5.41) is 7.87. The highest BCUT2D eigenvalue weighted by Gasteiger charge is 2.11. The minimum absolute atomic E-state index is 0.113. The zero-order valence-corrected chi connectivity index (χ0v) is 6.35. The maximum absolute atomic E-state index is 8.29. The molecule has 0 rings (SSSR count). The van der Waals surface area contributed by atoms with E-state index in [4.69, 9.17) is 21.6 Å². The van der Waals surface area contributed by atoms with Gasteiger partial charge in [-0.2, -0.15) is 5.26 Å². The molecule has 52 valence electrons. The summed E-state index contributed by atoms with van der Waals surface area (Å²) in [5.41, 5.74) is 0. The second-order valence-corrected chi connectivity index (χ2v) is 2.43. The Bertz CT molecular complexity index is 110. The van der Waals surface area contributed by atoms with Gasteiger partial charge in [0.15, 0.2) is 0 Å². The number of hydrogen-bond acceptors (Lipinski definition) is 2. The van der Waals surface area contributed by atoms with Crippen LogP contribution in [0.25, 0.3) is 0 Å². The Labute approximate surface area is 60.4 Å². The number of halogens is 1. The predicted molar refractivity (Wildman–Crippen MR) is 36.3 cm³/mol. The van der Waals surface area contributed by atoms with Crippen molar-refractivity contribution in [2.45, 2.75) is 12.3 Å². The quantitative estimate of drug-likeness (QED) is 0.566. The fraction of sp³-hybridized carbons (Fsp3) is 0.833. The summed E-state index contributed by atoms with van der Waals surface area (Å²) in [6.07, 6.45) is 0. The minimum Gasteiger partial charge on any atom is -0.384 e. The van der Waals surface area contributed by atoms with Gasteiger partial charge < -0.3 is 4.74 Å². The average Bonchev–Trinajstić information content (AvgIpc) is 1.87. The van der Waals surface area contributed by atoms with Crippen LogP contribution in [-0.4, -0.2) is 19.1 Å². The molecule has 0 aliphatic heterocycles. The first kappa shape index (κ1) is 8.74. The largest absolute Gasteiger partial charge is 0.384 e. The molecule has 0 aliphatic rings. The highest BCUT2D eigenvalue weighted by molar-refractivity contribution is 6.22. The smallest absolute Gasteiger partial charge is 0.125 e. The third kappa shape index (κ3) is 3.34. The molecule has 0 radical (unpaired) electrons. The lowest BCUT2D eigenvalue weighted by molar-refractivity contribution is 0.162. The molecule has 0 saturated heterocycles. The third-order valence-corrected chi connectivity index (χ3v) is 1.58. The number of hydrogen-bond donors (Lipinski definition) is 0. The fourth-order valence-electron chi connectivity index (χ4n) is 0.475. The van der Waals surface area contributed by atoms with Gasteiger partial charge in [-0.25, -0.2) is 0 Å². The van der Waals surface area contributed by atoms with Gasteiger partial charge in [0.2, 0.25) is 0 Å². The number of nitriles is 1. The molecule has 0 N–H and O–H groups in total. The van der Waals surface area contributed by atoms with Crippen LogP contribution >= 0.6 is 11.6 Å². The molecule has 0 aliphatic carbocycles. The van der Waals surface area contributed by atoms with Gasteiger partial charge in [0, 0.05) is 13.0 Å². The Morgan fingerprint density at radius 3 is 2.67 bits per heavy atom. The number of nitrogens with zero attached hydrogens (tertiary/aromatic N) is 1. The van der Waals surface area contributed by atoms with E-state index in [0.29, 0.717) is 6.61 Å². The van der Waals surface area contributed by atoms with E-state index in [1.54, 1.807) is 7.11 Å². The molecule has 3 heteroatoms. The van der Waals surface area contributed by atoms with Crippen molar-refractivity contribution in [1.82, 2.24) is 0 Å². The summed E-state index contributed by atoms with van der Waals surface area (Å²) in [4.78, 5) is 0. The Balaban J connectivity index is 3.48. The number of rotatable bonds is 3. The van der Waals surface area contributed by atoms with Crippen LogP contribution in [0.3, 0.4) is 0 Å². The van der Waals surface area contributed by atoms with Gasteiger partial charge in [-0.05, 0) is 0 Å². The molecule has 9 heavy (non-hydrogen) atoms. The molecule has 0 heterocycles. The lowest BCUT2D eigenvalue weighted by Gasteiger charge is -2.08. The summed E-state index contributed by atoms with van der Waals surface area (Å²) in [6.45, 7) is 2.42.